The van der Waals surface area contributed by atoms with Gasteiger partial charge in [0, 0.05) is 18.7 Å². The fraction of sp³-hybridized carbons (Fsp3) is 0.312. The number of rotatable bonds is 8. The maximum Gasteiger partial charge on any atom is 0.282 e. The van der Waals surface area contributed by atoms with Crippen molar-refractivity contribution < 1.29 is 19.0 Å². The fourth-order valence-corrected chi connectivity index (χ4v) is 5.10. The number of carbonyl (C=O) groups is 1. The number of halogens is 1. The number of amides is 1. The van der Waals surface area contributed by atoms with E-state index in [9.17, 15) is 9.59 Å². The Morgan fingerprint density at radius 2 is 1.88 bits per heavy atom. The minimum Gasteiger partial charge on any atom is -0.496 e. The summed E-state index contributed by atoms with van der Waals surface area (Å²) in [5.41, 5.74) is 3.63. The topological polar surface area (TPSA) is 95.2 Å². The van der Waals surface area contributed by atoms with Crippen molar-refractivity contribution in [3.05, 3.63) is 86.7 Å². The molecule has 0 atom stereocenters. The number of fused-ring (bicyclic) bond motifs is 1. The van der Waals surface area contributed by atoms with E-state index in [-0.39, 0.29) is 24.0 Å². The van der Waals surface area contributed by atoms with Gasteiger partial charge in [-0.3, -0.25) is 9.59 Å². The van der Waals surface area contributed by atoms with E-state index in [1.54, 1.807) is 48.6 Å². The van der Waals surface area contributed by atoms with Crippen molar-refractivity contribution in [1.82, 2.24) is 14.6 Å². The normalized spacial score (nSPS) is 13.7. The number of hydrogen-bond acceptors (Lipinski definition) is 7. The molecule has 0 unspecified atom stereocenters. The third-order valence-corrected chi connectivity index (χ3v) is 7.48. The first-order valence-corrected chi connectivity index (χ1v) is 14.2. The highest BCUT2D eigenvalue weighted by Crippen LogP contribution is 2.34. The van der Waals surface area contributed by atoms with Crippen LogP contribution in [0.25, 0.3) is 22.3 Å². The Morgan fingerprint density at radius 3 is 2.60 bits per heavy atom. The molecule has 42 heavy (non-hydrogen) atoms. The van der Waals surface area contributed by atoms with Crippen LogP contribution in [0.3, 0.4) is 0 Å². The first-order valence-electron chi connectivity index (χ1n) is 13.8. The molecule has 1 aliphatic heterocycles. The Kier molecular flexibility index (Phi) is 8.89. The average molecular weight is 589 g/mol. The van der Waals surface area contributed by atoms with Gasteiger partial charge in [-0.05, 0) is 72.0 Å². The molecule has 9 nitrogen and oxygen atoms in total. The lowest BCUT2D eigenvalue weighted by Crippen LogP contribution is -2.43. The molecule has 2 heterocycles. The lowest BCUT2D eigenvalue weighted by molar-refractivity contribution is -0.137. The molecule has 1 saturated heterocycles. The standard InChI is InChI=1S/C32H33ClN4O5/c1-20(2)24-17-25(21(3)15-29(24)40-4)31-35-27-8-6-5-7-23(27)32(39)37(31)34-18-22-9-10-28(26(33)16-22)42-19-30(38)36-11-13-41-14-12-36/h5-10,15-18,20H,11-14,19H2,1-4H3. The van der Waals surface area contributed by atoms with Gasteiger partial charge in [-0.25, -0.2) is 4.98 Å². The minimum absolute atomic E-state index is 0.117. The molecular weight excluding hydrogens is 556 g/mol. The summed E-state index contributed by atoms with van der Waals surface area (Å²) in [4.78, 5) is 32.7. The summed E-state index contributed by atoms with van der Waals surface area (Å²) in [5.74, 6) is 1.66. The van der Waals surface area contributed by atoms with E-state index in [4.69, 9.17) is 30.8 Å². The van der Waals surface area contributed by atoms with Gasteiger partial charge in [-0.2, -0.15) is 9.78 Å². The number of hydrogen-bond donors (Lipinski definition) is 0. The van der Waals surface area contributed by atoms with Crippen LogP contribution in [0.1, 0.15) is 36.5 Å². The smallest absolute Gasteiger partial charge is 0.282 e. The Bertz CT molecular complexity index is 1710. The molecule has 0 spiro atoms. The molecule has 0 bridgehead atoms. The first-order chi connectivity index (χ1) is 20.3. The number of aryl methyl sites for hydroxylation is 1. The van der Waals surface area contributed by atoms with Crippen molar-refractivity contribution in [3.63, 3.8) is 0 Å². The zero-order valence-electron chi connectivity index (χ0n) is 24.1. The van der Waals surface area contributed by atoms with Crippen LogP contribution >= 0.6 is 11.6 Å². The summed E-state index contributed by atoms with van der Waals surface area (Å²) in [7, 11) is 1.65. The van der Waals surface area contributed by atoms with E-state index >= 15 is 0 Å². The van der Waals surface area contributed by atoms with Gasteiger partial charge in [0.15, 0.2) is 12.4 Å². The van der Waals surface area contributed by atoms with Crippen molar-refractivity contribution in [2.75, 3.05) is 40.0 Å². The predicted octanol–water partition coefficient (Wildman–Crippen LogP) is 5.28. The monoisotopic (exact) mass is 588 g/mol. The van der Waals surface area contributed by atoms with Crippen LogP contribution in [-0.2, 0) is 9.53 Å². The molecule has 1 fully saturated rings. The van der Waals surface area contributed by atoms with Crippen LogP contribution in [0.2, 0.25) is 5.02 Å². The number of aromatic nitrogens is 2. The summed E-state index contributed by atoms with van der Waals surface area (Å²) in [6.07, 6.45) is 1.55. The van der Waals surface area contributed by atoms with Crippen LogP contribution < -0.4 is 15.0 Å². The lowest BCUT2D eigenvalue weighted by Gasteiger charge is -2.26. The molecule has 10 heteroatoms. The van der Waals surface area contributed by atoms with Crippen molar-refractivity contribution in [2.24, 2.45) is 5.10 Å². The third kappa shape index (κ3) is 6.17. The van der Waals surface area contributed by atoms with E-state index in [0.717, 1.165) is 22.4 Å². The molecule has 0 N–H and O–H groups in total. The highest BCUT2D eigenvalue weighted by Gasteiger charge is 2.19. The largest absolute Gasteiger partial charge is 0.496 e. The van der Waals surface area contributed by atoms with Crippen LogP contribution in [0.15, 0.2) is 64.5 Å². The molecule has 1 aliphatic rings. The van der Waals surface area contributed by atoms with Gasteiger partial charge in [0.25, 0.3) is 11.5 Å². The Morgan fingerprint density at radius 1 is 1.12 bits per heavy atom. The van der Waals surface area contributed by atoms with Crippen molar-refractivity contribution in [3.8, 4) is 22.9 Å². The summed E-state index contributed by atoms with van der Waals surface area (Å²) >= 11 is 6.49. The van der Waals surface area contributed by atoms with Gasteiger partial charge in [-0.1, -0.05) is 37.6 Å². The predicted molar refractivity (Wildman–Crippen MR) is 164 cm³/mol. The van der Waals surface area contributed by atoms with Crippen molar-refractivity contribution >= 4 is 34.6 Å². The Balaban J connectivity index is 1.48. The lowest BCUT2D eigenvalue weighted by atomic mass is 9.96. The molecule has 0 radical (unpaired) electrons. The highest BCUT2D eigenvalue weighted by molar-refractivity contribution is 6.32. The molecule has 0 aliphatic carbocycles. The quantitative estimate of drug-likeness (QED) is 0.260. The molecule has 3 aromatic carbocycles. The molecule has 218 valence electrons. The highest BCUT2D eigenvalue weighted by atomic mass is 35.5. The number of methoxy groups -OCH3 is 1. The number of benzene rings is 3. The van der Waals surface area contributed by atoms with Gasteiger partial charge >= 0.3 is 0 Å². The number of morpholine rings is 1. The van der Waals surface area contributed by atoms with E-state index in [0.29, 0.717) is 59.4 Å². The second-order valence-corrected chi connectivity index (χ2v) is 10.8. The third-order valence-electron chi connectivity index (χ3n) is 7.19. The Labute approximate surface area is 249 Å². The summed E-state index contributed by atoms with van der Waals surface area (Å²) in [6.45, 7) is 8.16. The van der Waals surface area contributed by atoms with E-state index in [2.05, 4.69) is 18.9 Å². The van der Waals surface area contributed by atoms with Crippen LogP contribution in [-0.4, -0.2) is 66.7 Å². The Hall–Kier alpha value is -4.21. The molecule has 1 amide bonds. The van der Waals surface area contributed by atoms with Crippen molar-refractivity contribution in [1.29, 1.82) is 0 Å². The number of ether oxygens (including phenoxy) is 3. The van der Waals surface area contributed by atoms with Crippen LogP contribution in [0.5, 0.6) is 11.5 Å². The maximum absolute atomic E-state index is 13.7. The zero-order chi connectivity index (χ0) is 29.8. The summed E-state index contributed by atoms with van der Waals surface area (Å²) in [5, 5.41) is 5.36. The molecule has 5 rings (SSSR count). The second kappa shape index (κ2) is 12.8. The number of carbonyl (C=O) groups excluding carboxylic acids is 1. The van der Waals surface area contributed by atoms with E-state index in [1.807, 2.05) is 31.2 Å². The minimum atomic E-state index is -0.291. The summed E-state index contributed by atoms with van der Waals surface area (Å²) in [6, 6.07) is 16.3. The maximum atomic E-state index is 13.7. The fourth-order valence-electron chi connectivity index (χ4n) is 4.85. The van der Waals surface area contributed by atoms with Gasteiger partial charge in [0.2, 0.25) is 0 Å². The second-order valence-electron chi connectivity index (χ2n) is 10.3. The molecular formula is C32H33ClN4O5. The molecule has 0 saturated carbocycles. The SMILES string of the molecule is COc1cc(C)c(-c2nc3ccccc3c(=O)n2N=Cc2ccc(OCC(=O)N3CCOCC3)c(Cl)c2)cc1C(C)C. The summed E-state index contributed by atoms with van der Waals surface area (Å²) < 4.78 is 17.9. The molecule has 1 aromatic heterocycles. The number of nitrogens with zero attached hydrogens (tertiary/aromatic N) is 4. The van der Waals surface area contributed by atoms with Crippen molar-refractivity contribution in [2.45, 2.75) is 26.7 Å². The van der Waals surface area contributed by atoms with Crippen LogP contribution in [0.4, 0.5) is 0 Å². The number of para-hydroxylation sites is 1. The van der Waals surface area contributed by atoms with Gasteiger partial charge < -0.3 is 19.1 Å². The van der Waals surface area contributed by atoms with Gasteiger partial charge in [0.1, 0.15) is 11.5 Å². The van der Waals surface area contributed by atoms with E-state index < -0.39 is 0 Å². The van der Waals surface area contributed by atoms with Gasteiger partial charge in [-0.15, -0.1) is 0 Å². The zero-order valence-corrected chi connectivity index (χ0v) is 24.9. The van der Waals surface area contributed by atoms with Gasteiger partial charge in [0.05, 0.1) is 42.5 Å². The average Bonchev–Trinajstić information content (AvgIpc) is 3.00. The first kappa shape index (κ1) is 29.3. The molecule has 4 aromatic rings. The van der Waals surface area contributed by atoms with E-state index in [1.165, 1.54) is 4.68 Å². The van der Waals surface area contributed by atoms with Crippen LogP contribution in [0, 0.1) is 6.92 Å².